The zero-order chi connectivity index (χ0) is 9.56. The maximum atomic E-state index is 10.4. The van der Waals surface area contributed by atoms with Crippen LogP contribution in [-0.4, -0.2) is 18.7 Å². The molecular weight excluding hydrogens is 158 g/mol. The van der Waals surface area contributed by atoms with Crippen LogP contribution in [0.1, 0.15) is 20.3 Å². The molecule has 0 saturated carbocycles. The smallest absolute Gasteiger partial charge is 0.302 e. The molecule has 0 radical (unpaired) electrons. The summed E-state index contributed by atoms with van der Waals surface area (Å²) in [6, 6.07) is 0. The zero-order valence-corrected chi connectivity index (χ0v) is 7.50. The zero-order valence-electron chi connectivity index (χ0n) is 7.50. The third-order valence-electron chi connectivity index (χ3n) is 1.25. The number of rotatable bonds is 5. The van der Waals surface area contributed by atoms with E-state index in [1.807, 2.05) is 6.92 Å². The molecule has 0 amide bonds. The van der Waals surface area contributed by atoms with Gasteiger partial charge >= 0.3 is 5.97 Å². The topological polar surface area (TPSA) is 61.6 Å². The largest absolute Gasteiger partial charge is 0.473 e. The Balaban J connectivity index is 3.67. The first-order chi connectivity index (χ1) is 5.56. The molecule has 0 aromatic rings. The lowest BCUT2D eigenvalue weighted by molar-refractivity contribution is -0.144. The average molecular weight is 173 g/mol. The van der Waals surface area contributed by atoms with Crippen molar-refractivity contribution in [1.82, 2.24) is 0 Å². The molecule has 0 heterocycles. The number of nitrogens with two attached hydrogens (primary N) is 1. The molecule has 4 nitrogen and oxygen atoms in total. The normalized spacial score (nSPS) is 11.8. The van der Waals surface area contributed by atoms with Crippen LogP contribution in [0.2, 0.25) is 0 Å². The van der Waals surface area contributed by atoms with E-state index in [2.05, 4.69) is 6.58 Å². The van der Waals surface area contributed by atoms with Crippen molar-refractivity contribution in [2.24, 2.45) is 5.73 Å². The van der Waals surface area contributed by atoms with Crippen LogP contribution in [0.25, 0.3) is 0 Å². The van der Waals surface area contributed by atoms with Crippen molar-refractivity contribution in [3.63, 3.8) is 0 Å². The Kier molecular flexibility index (Phi) is 4.92. The van der Waals surface area contributed by atoms with Crippen LogP contribution in [0.5, 0.6) is 0 Å². The summed E-state index contributed by atoms with van der Waals surface area (Å²) in [4.78, 5) is 10.4. The van der Waals surface area contributed by atoms with Gasteiger partial charge in [0.05, 0.1) is 0 Å². The van der Waals surface area contributed by atoms with Gasteiger partial charge < -0.3 is 15.2 Å². The van der Waals surface area contributed by atoms with E-state index < -0.39 is 0 Å². The first-order valence-corrected chi connectivity index (χ1v) is 3.80. The lowest BCUT2D eigenvalue weighted by atomic mass is 10.3. The standard InChI is InChI=1S/C8H15NO3/c1-4-8(12-6(2)9)5-11-7(3)10/h8H,2,4-5,9H2,1,3H3. The molecule has 0 rings (SSSR count). The summed E-state index contributed by atoms with van der Waals surface area (Å²) in [7, 11) is 0. The van der Waals surface area contributed by atoms with Gasteiger partial charge in [0.1, 0.15) is 12.7 Å². The fourth-order valence-electron chi connectivity index (χ4n) is 0.660. The molecule has 0 fully saturated rings. The van der Waals surface area contributed by atoms with E-state index in [4.69, 9.17) is 15.2 Å². The van der Waals surface area contributed by atoms with E-state index in [0.717, 1.165) is 6.42 Å². The van der Waals surface area contributed by atoms with Gasteiger partial charge in [-0.25, -0.2) is 0 Å². The molecule has 0 aliphatic heterocycles. The van der Waals surface area contributed by atoms with E-state index in [1.54, 1.807) is 0 Å². The highest BCUT2D eigenvalue weighted by molar-refractivity contribution is 5.65. The molecule has 70 valence electrons. The minimum absolute atomic E-state index is 0.147. The third kappa shape index (κ3) is 5.58. The second-order valence-corrected chi connectivity index (χ2v) is 2.42. The van der Waals surface area contributed by atoms with Gasteiger partial charge in [-0.05, 0) is 13.0 Å². The van der Waals surface area contributed by atoms with Crippen molar-refractivity contribution in [3.8, 4) is 0 Å². The van der Waals surface area contributed by atoms with Crippen molar-refractivity contribution in [3.05, 3.63) is 12.5 Å². The predicted molar refractivity (Wildman–Crippen MR) is 45.1 cm³/mol. The molecule has 1 unspecified atom stereocenters. The van der Waals surface area contributed by atoms with Gasteiger partial charge in [0, 0.05) is 6.92 Å². The van der Waals surface area contributed by atoms with Crippen molar-refractivity contribution in [1.29, 1.82) is 0 Å². The van der Waals surface area contributed by atoms with Crippen LogP contribution < -0.4 is 5.73 Å². The lowest BCUT2D eigenvalue weighted by Gasteiger charge is -2.15. The first-order valence-electron chi connectivity index (χ1n) is 3.80. The average Bonchev–Trinajstić information content (AvgIpc) is 1.97. The predicted octanol–water partition coefficient (Wildman–Crippen LogP) is 0.775. The second kappa shape index (κ2) is 5.46. The highest BCUT2D eigenvalue weighted by atomic mass is 16.6. The quantitative estimate of drug-likeness (QED) is 0.493. The van der Waals surface area contributed by atoms with Crippen molar-refractivity contribution in [2.75, 3.05) is 6.61 Å². The van der Waals surface area contributed by atoms with E-state index in [9.17, 15) is 4.79 Å². The molecule has 0 aromatic carbocycles. The van der Waals surface area contributed by atoms with Crippen molar-refractivity contribution < 1.29 is 14.3 Å². The van der Waals surface area contributed by atoms with Gasteiger partial charge in [-0.2, -0.15) is 0 Å². The summed E-state index contributed by atoms with van der Waals surface area (Å²) in [6.45, 7) is 6.87. The maximum Gasteiger partial charge on any atom is 0.302 e. The molecule has 0 aliphatic rings. The second-order valence-electron chi connectivity index (χ2n) is 2.42. The van der Waals surface area contributed by atoms with Crippen LogP contribution in [0, 0.1) is 0 Å². The molecule has 0 aromatic heterocycles. The number of hydrogen-bond donors (Lipinski definition) is 1. The van der Waals surface area contributed by atoms with Gasteiger partial charge in [0.25, 0.3) is 0 Å². The van der Waals surface area contributed by atoms with Gasteiger partial charge in [-0.15, -0.1) is 0 Å². The van der Waals surface area contributed by atoms with Crippen LogP contribution in [0.15, 0.2) is 12.5 Å². The number of ether oxygens (including phenoxy) is 2. The van der Waals surface area contributed by atoms with Gasteiger partial charge in [0.15, 0.2) is 5.88 Å². The van der Waals surface area contributed by atoms with E-state index >= 15 is 0 Å². The van der Waals surface area contributed by atoms with Crippen LogP contribution in [-0.2, 0) is 14.3 Å². The monoisotopic (exact) mass is 173 g/mol. The van der Waals surface area contributed by atoms with E-state index in [-0.39, 0.29) is 24.6 Å². The molecule has 0 bridgehead atoms. The molecular formula is C8H15NO3. The van der Waals surface area contributed by atoms with Crippen molar-refractivity contribution in [2.45, 2.75) is 26.4 Å². The van der Waals surface area contributed by atoms with E-state index in [0.29, 0.717) is 0 Å². The molecule has 12 heavy (non-hydrogen) atoms. The van der Waals surface area contributed by atoms with Gasteiger partial charge in [0.2, 0.25) is 0 Å². The van der Waals surface area contributed by atoms with E-state index in [1.165, 1.54) is 6.92 Å². The number of carbonyl (C=O) groups excluding carboxylic acids is 1. The lowest BCUT2D eigenvalue weighted by Crippen LogP contribution is -2.22. The Bertz CT molecular complexity index is 168. The maximum absolute atomic E-state index is 10.4. The summed E-state index contributed by atoms with van der Waals surface area (Å²) in [6.07, 6.45) is 0.537. The van der Waals surface area contributed by atoms with Crippen LogP contribution in [0.4, 0.5) is 0 Å². The van der Waals surface area contributed by atoms with Crippen LogP contribution in [0.3, 0.4) is 0 Å². The van der Waals surface area contributed by atoms with Gasteiger partial charge in [-0.3, -0.25) is 4.79 Å². The van der Waals surface area contributed by atoms with Gasteiger partial charge in [-0.1, -0.05) is 6.92 Å². The first kappa shape index (κ1) is 10.8. The van der Waals surface area contributed by atoms with Crippen molar-refractivity contribution >= 4 is 5.97 Å². The summed E-state index contributed by atoms with van der Waals surface area (Å²) < 4.78 is 9.79. The number of carbonyl (C=O) groups is 1. The minimum atomic E-state index is -0.320. The Morgan fingerprint density at radius 1 is 1.67 bits per heavy atom. The molecule has 4 heteroatoms. The number of hydrogen-bond acceptors (Lipinski definition) is 4. The highest BCUT2D eigenvalue weighted by Gasteiger charge is 2.08. The Morgan fingerprint density at radius 2 is 2.25 bits per heavy atom. The Labute approximate surface area is 72.3 Å². The summed E-state index contributed by atoms with van der Waals surface area (Å²) in [5.74, 6) is -0.173. The summed E-state index contributed by atoms with van der Waals surface area (Å²) in [5, 5.41) is 0. The molecule has 2 N–H and O–H groups in total. The Morgan fingerprint density at radius 3 is 2.58 bits per heavy atom. The SMILES string of the molecule is C=C(N)OC(CC)COC(C)=O. The third-order valence-corrected chi connectivity index (χ3v) is 1.25. The summed E-state index contributed by atoms with van der Waals surface area (Å²) in [5.41, 5.74) is 5.22. The Hall–Kier alpha value is -1.19. The molecule has 0 aliphatic carbocycles. The number of esters is 1. The fourth-order valence-corrected chi connectivity index (χ4v) is 0.660. The molecule has 0 spiro atoms. The highest BCUT2D eigenvalue weighted by Crippen LogP contribution is 2.01. The minimum Gasteiger partial charge on any atom is -0.473 e. The molecule has 0 saturated heterocycles. The summed E-state index contributed by atoms with van der Waals surface area (Å²) >= 11 is 0. The fraction of sp³-hybridized carbons (Fsp3) is 0.625. The molecule has 1 atom stereocenters. The van der Waals surface area contributed by atoms with Crippen LogP contribution >= 0.6 is 0 Å².